The first-order chi connectivity index (χ1) is 14.3. The average molecular weight is 457 g/mol. The van der Waals surface area contributed by atoms with E-state index in [1.807, 2.05) is 18.2 Å². The van der Waals surface area contributed by atoms with E-state index < -0.39 is 0 Å². The Kier molecular flexibility index (Phi) is 5.96. The molecule has 154 valence electrons. The van der Waals surface area contributed by atoms with Crippen molar-refractivity contribution < 1.29 is 0 Å². The number of tetrazole rings is 1. The molecule has 0 spiro atoms. The van der Waals surface area contributed by atoms with E-state index in [2.05, 4.69) is 72.6 Å². The van der Waals surface area contributed by atoms with Crippen LogP contribution in [0.2, 0.25) is 10.0 Å². The minimum Gasteiger partial charge on any atom is -0.177 e. The Labute approximate surface area is 190 Å². The fourth-order valence-corrected chi connectivity index (χ4v) is 5.23. The van der Waals surface area contributed by atoms with Crippen molar-refractivity contribution in [3.63, 3.8) is 0 Å². The monoisotopic (exact) mass is 456 g/mol. The Morgan fingerprint density at radius 3 is 1.97 bits per heavy atom. The fourth-order valence-electron chi connectivity index (χ4n) is 3.62. The molecule has 0 aliphatic carbocycles. The molecule has 30 heavy (non-hydrogen) atoms. The molecule has 4 nitrogen and oxygen atoms in total. The van der Waals surface area contributed by atoms with Crippen LogP contribution in [-0.2, 0) is 0 Å². The van der Waals surface area contributed by atoms with Gasteiger partial charge in [-0.2, -0.15) is 5.21 Å². The van der Waals surface area contributed by atoms with Gasteiger partial charge in [-0.15, -0.1) is 21.5 Å². The molecule has 0 saturated carbocycles. The van der Waals surface area contributed by atoms with Crippen molar-refractivity contribution in [1.82, 2.24) is 20.6 Å². The SMILES string of the molecule is CC(C)c1cc(Cl)ccc1-c1cc(-c2nn[nH]n2)c(-c2ccc(Cl)cc2C(C)C)s1. The highest BCUT2D eigenvalue weighted by atomic mass is 35.5. The molecule has 7 heteroatoms. The number of nitrogens with zero attached hydrogens (tertiary/aromatic N) is 3. The summed E-state index contributed by atoms with van der Waals surface area (Å²) < 4.78 is 0. The maximum atomic E-state index is 6.31. The molecule has 2 heterocycles. The number of rotatable bonds is 5. The van der Waals surface area contributed by atoms with Crippen molar-refractivity contribution in [2.24, 2.45) is 0 Å². The molecule has 4 rings (SSSR count). The number of benzene rings is 2. The number of aromatic nitrogens is 4. The van der Waals surface area contributed by atoms with Crippen LogP contribution in [0.3, 0.4) is 0 Å². The number of hydrogen-bond acceptors (Lipinski definition) is 4. The van der Waals surface area contributed by atoms with E-state index in [0.717, 1.165) is 30.9 Å². The Hall–Kier alpha value is -2.21. The second-order valence-electron chi connectivity index (χ2n) is 7.86. The normalized spacial score (nSPS) is 11.6. The van der Waals surface area contributed by atoms with Crippen LogP contribution < -0.4 is 0 Å². The van der Waals surface area contributed by atoms with Gasteiger partial charge in [0.05, 0.1) is 0 Å². The molecule has 0 amide bonds. The van der Waals surface area contributed by atoms with Gasteiger partial charge in [-0.3, -0.25) is 0 Å². The summed E-state index contributed by atoms with van der Waals surface area (Å²) in [5.74, 6) is 1.25. The maximum absolute atomic E-state index is 6.31. The minimum atomic E-state index is 0.323. The summed E-state index contributed by atoms with van der Waals surface area (Å²) in [6.07, 6.45) is 0. The maximum Gasteiger partial charge on any atom is 0.206 e. The van der Waals surface area contributed by atoms with Gasteiger partial charge >= 0.3 is 0 Å². The first-order valence-corrected chi connectivity index (χ1v) is 11.4. The zero-order valence-electron chi connectivity index (χ0n) is 17.2. The predicted molar refractivity (Wildman–Crippen MR) is 127 cm³/mol. The van der Waals surface area contributed by atoms with Crippen LogP contribution >= 0.6 is 34.5 Å². The molecule has 0 unspecified atom stereocenters. The van der Waals surface area contributed by atoms with E-state index in [1.54, 1.807) is 11.3 Å². The summed E-state index contributed by atoms with van der Waals surface area (Å²) in [6, 6.07) is 14.3. The first kappa shape index (κ1) is 21.0. The van der Waals surface area contributed by atoms with E-state index in [0.29, 0.717) is 17.7 Å². The highest BCUT2D eigenvalue weighted by Crippen LogP contribution is 2.46. The quantitative estimate of drug-likeness (QED) is 0.332. The molecule has 0 saturated heterocycles. The van der Waals surface area contributed by atoms with Crippen LogP contribution in [0.4, 0.5) is 0 Å². The number of hydrogen-bond donors (Lipinski definition) is 1. The van der Waals surface area contributed by atoms with Crippen LogP contribution in [0.25, 0.3) is 32.3 Å². The molecule has 0 atom stereocenters. The second-order valence-corrected chi connectivity index (χ2v) is 9.79. The van der Waals surface area contributed by atoms with Crippen molar-refractivity contribution in [3.05, 3.63) is 63.6 Å². The lowest BCUT2D eigenvalue weighted by Crippen LogP contribution is -1.92. The molecule has 2 aromatic heterocycles. The third-order valence-corrected chi connectivity index (χ3v) is 6.77. The van der Waals surface area contributed by atoms with Crippen molar-refractivity contribution in [2.75, 3.05) is 0 Å². The zero-order chi connectivity index (χ0) is 21.4. The van der Waals surface area contributed by atoms with Crippen LogP contribution in [0, 0.1) is 0 Å². The van der Waals surface area contributed by atoms with Crippen molar-refractivity contribution in [1.29, 1.82) is 0 Å². The standard InChI is InChI=1S/C23H22Cl2N4S/c1-12(2)18-9-14(24)5-7-16(18)21-11-20(23-26-28-29-27-23)22(30-21)17-8-6-15(25)10-19(17)13(3)4/h5-13H,1-4H3,(H,26,27,28,29). The van der Waals surface area contributed by atoms with E-state index in [9.17, 15) is 0 Å². The number of H-pyrrole nitrogens is 1. The van der Waals surface area contributed by atoms with Gasteiger partial charge in [-0.05, 0) is 69.6 Å². The largest absolute Gasteiger partial charge is 0.206 e. The van der Waals surface area contributed by atoms with E-state index >= 15 is 0 Å². The molecule has 4 aromatic rings. The molecular weight excluding hydrogens is 435 g/mol. The van der Waals surface area contributed by atoms with E-state index in [-0.39, 0.29) is 0 Å². The predicted octanol–water partition coefficient (Wildman–Crippen LogP) is 7.82. The molecule has 0 bridgehead atoms. The molecule has 1 N–H and O–H groups in total. The molecule has 0 fully saturated rings. The van der Waals surface area contributed by atoms with Crippen molar-refractivity contribution in [2.45, 2.75) is 39.5 Å². The van der Waals surface area contributed by atoms with E-state index in [1.165, 1.54) is 16.7 Å². The summed E-state index contributed by atoms with van der Waals surface area (Å²) in [5.41, 5.74) is 5.69. The van der Waals surface area contributed by atoms with Crippen LogP contribution in [0.15, 0.2) is 42.5 Å². The lowest BCUT2D eigenvalue weighted by Gasteiger charge is -2.13. The van der Waals surface area contributed by atoms with Crippen LogP contribution in [-0.4, -0.2) is 20.6 Å². The lowest BCUT2D eigenvalue weighted by molar-refractivity contribution is 0.869. The van der Waals surface area contributed by atoms with Gasteiger partial charge in [-0.1, -0.05) is 63.0 Å². The van der Waals surface area contributed by atoms with Crippen LogP contribution in [0.5, 0.6) is 0 Å². The Morgan fingerprint density at radius 1 is 0.800 bits per heavy atom. The summed E-state index contributed by atoms with van der Waals surface area (Å²) in [5, 5.41) is 16.3. The van der Waals surface area contributed by atoms with Gasteiger partial charge in [0, 0.05) is 25.4 Å². The summed E-state index contributed by atoms with van der Waals surface area (Å²) in [6.45, 7) is 8.71. The Bertz CT molecular complexity index is 1180. The zero-order valence-corrected chi connectivity index (χ0v) is 19.5. The lowest BCUT2D eigenvalue weighted by atomic mass is 9.94. The average Bonchev–Trinajstić information content (AvgIpc) is 3.37. The van der Waals surface area contributed by atoms with Gasteiger partial charge in [0.15, 0.2) is 0 Å². The molecular formula is C23H22Cl2N4S. The molecule has 0 radical (unpaired) electrons. The number of nitrogens with one attached hydrogen (secondary N) is 1. The number of thiophene rings is 1. The molecule has 0 aliphatic heterocycles. The molecule has 0 aliphatic rings. The topological polar surface area (TPSA) is 54.5 Å². The van der Waals surface area contributed by atoms with Gasteiger partial charge in [-0.25, -0.2) is 0 Å². The molecule has 2 aromatic carbocycles. The third kappa shape index (κ3) is 4.02. The fraction of sp³-hybridized carbons (Fsp3) is 0.261. The summed E-state index contributed by atoms with van der Waals surface area (Å²) in [7, 11) is 0. The Morgan fingerprint density at radius 2 is 1.40 bits per heavy atom. The number of halogens is 2. The van der Waals surface area contributed by atoms with Crippen molar-refractivity contribution >= 4 is 34.5 Å². The summed E-state index contributed by atoms with van der Waals surface area (Å²) in [4.78, 5) is 2.26. The highest BCUT2D eigenvalue weighted by Gasteiger charge is 2.22. The van der Waals surface area contributed by atoms with E-state index in [4.69, 9.17) is 23.2 Å². The smallest absolute Gasteiger partial charge is 0.177 e. The summed E-state index contributed by atoms with van der Waals surface area (Å²) >= 11 is 14.3. The van der Waals surface area contributed by atoms with Gasteiger partial charge in [0.2, 0.25) is 5.82 Å². The number of aromatic amines is 1. The first-order valence-electron chi connectivity index (χ1n) is 9.82. The van der Waals surface area contributed by atoms with Crippen molar-refractivity contribution in [3.8, 4) is 32.3 Å². The second kappa shape index (κ2) is 8.50. The minimum absolute atomic E-state index is 0.323. The highest BCUT2D eigenvalue weighted by molar-refractivity contribution is 7.19. The van der Waals surface area contributed by atoms with Crippen LogP contribution in [0.1, 0.15) is 50.7 Å². The Balaban J connectivity index is 1.97. The third-order valence-electron chi connectivity index (χ3n) is 5.10. The van der Waals surface area contributed by atoms with Gasteiger partial charge < -0.3 is 0 Å². The van der Waals surface area contributed by atoms with Gasteiger partial charge in [0.25, 0.3) is 0 Å². The van der Waals surface area contributed by atoms with Gasteiger partial charge in [0.1, 0.15) is 0 Å².